The molecule has 0 aliphatic carbocycles. The van der Waals surface area contributed by atoms with E-state index in [0.29, 0.717) is 5.02 Å². The van der Waals surface area contributed by atoms with Gasteiger partial charge in [-0.3, -0.25) is 4.79 Å². The number of carbonyl (C=O) groups is 1. The van der Waals surface area contributed by atoms with Crippen molar-refractivity contribution in [2.45, 2.75) is 26.8 Å². The fraction of sp³-hybridized carbons (Fsp3) is 0.211. The molecule has 2 aromatic rings. The van der Waals surface area contributed by atoms with E-state index in [9.17, 15) is 4.79 Å². The van der Waals surface area contributed by atoms with Gasteiger partial charge in [-0.25, -0.2) is 0 Å². The molecule has 2 nitrogen and oxygen atoms in total. The lowest BCUT2D eigenvalue weighted by molar-refractivity contribution is -0.117. The number of nitrogens with one attached hydrogen (secondary N) is 1. The molecule has 0 saturated heterocycles. The second kappa shape index (κ2) is 7.28. The first-order valence-electron chi connectivity index (χ1n) is 7.27. The lowest BCUT2D eigenvalue weighted by Crippen LogP contribution is -2.24. The van der Waals surface area contributed by atoms with Crippen molar-refractivity contribution < 1.29 is 4.79 Å². The van der Waals surface area contributed by atoms with E-state index in [-0.39, 0.29) is 11.9 Å². The molecule has 0 bridgehead atoms. The molecule has 0 saturated carbocycles. The molecule has 0 aliphatic heterocycles. The van der Waals surface area contributed by atoms with Crippen LogP contribution in [0.5, 0.6) is 0 Å². The molecule has 1 amide bonds. The van der Waals surface area contributed by atoms with Crippen molar-refractivity contribution in [1.82, 2.24) is 5.32 Å². The maximum atomic E-state index is 12.0. The normalized spacial score (nSPS) is 12.4. The Labute approximate surface area is 136 Å². The molecule has 0 aliphatic rings. The van der Waals surface area contributed by atoms with E-state index in [0.717, 1.165) is 11.1 Å². The third kappa shape index (κ3) is 4.22. The van der Waals surface area contributed by atoms with E-state index in [2.05, 4.69) is 31.3 Å². The highest BCUT2D eigenvalue weighted by Gasteiger charge is 2.08. The van der Waals surface area contributed by atoms with Gasteiger partial charge in [0.1, 0.15) is 0 Å². The first-order chi connectivity index (χ1) is 10.5. The summed E-state index contributed by atoms with van der Waals surface area (Å²) in [6.07, 6.45) is 3.24. The highest BCUT2D eigenvalue weighted by Crippen LogP contribution is 2.18. The van der Waals surface area contributed by atoms with E-state index < -0.39 is 0 Å². The zero-order valence-electron chi connectivity index (χ0n) is 13.1. The fourth-order valence-corrected chi connectivity index (χ4v) is 2.35. The van der Waals surface area contributed by atoms with Crippen LogP contribution in [0.15, 0.2) is 48.5 Å². The molecule has 0 spiro atoms. The van der Waals surface area contributed by atoms with Crippen molar-refractivity contribution in [1.29, 1.82) is 0 Å². The first kappa shape index (κ1) is 16.3. The van der Waals surface area contributed by atoms with Crippen LogP contribution in [-0.4, -0.2) is 5.91 Å². The standard InChI is InChI=1S/C19H20ClNO/c1-13-8-9-17(12-14(13)2)15(3)21-19(22)11-10-16-6-4-5-7-18(16)20/h4-12,15H,1-3H3,(H,21,22)/b11-10+/t15-/m1/s1. The lowest BCUT2D eigenvalue weighted by atomic mass is 10.0. The zero-order valence-corrected chi connectivity index (χ0v) is 13.8. The van der Waals surface area contributed by atoms with E-state index in [1.54, 1.807) is 12.1 Å². The number of carbonyl (C=O) groups excluding carboxylic acids is 1. The van der Waals surface area contributed by atoms with Crippen LogP contribution >= 0.6 is 11.6 Å². The molecule has 114 valence electrons. The quantitative estimate of drug-likeness (QED) is 0.803. The summed E-state index contributed by atoms with van der Waals surface area (Å²) in [4.78, 5) is 12.0. The number of halogens is 1. The molecule has 22 heavy (non-hydrogen) atoms. The Hall–Kier alpha value is -2.06. The summed E-state index contributed by atoms with van der Waals surface area (Å²) in [7, 11) is 0. The fourth-order valence-electron chi connectivity index (χ4n) is 2.15. The molecule has 0 aromatic heterocycles. The second-order valence-corrected chi connectivity index (χ2v) is 5.84. The molecule has 2 aromatic carbocycles. The number of amides is 1. The highest BCUT2D eigenvalue weighted by molar-refractivity contribution is 6.32. The topological polar surface area (TPSA) is 29.1 Å². The SMILES string of the molecule is Cc1ccc([C@@H](C)NC(=O)/C=C/c2ccccc2Cl)cc1C. The Morgan fingerprint density at radius 1 is 1.14 bits per heavy atom. The third-order valence-electron chi connectivity index (χ3n) is 3.71. The minimum atomic E-state index is -0.134. The number of aryl methyl sites for hydroxylation is 2. The smallest absolute Gasteiger partial charge is 0.244 e. The van der Waals surface area contributed by atoms with Gasteiger partial charge in [-0.05, 0) is 55.2 Å². The largest absolute Gasteiger partial charge is 0.346 e. The Morgan fingerprint density at radius 2 is 1.86 bits per heavy atom. The second-order valence-electron chi connectivity index (χ2n) is 5.43. The molecule has 3 heteroatoms. The molecule has 0 heterocycles. The van der Waals surface area contributed by atoms with Crippen LogP contribution in [-0.2, 0) is 4.79 Å². The predicted octanol–water partition coefficient (Wildman–Crippen LogP) is 4.85. The van der Waals surface area contributed by atoms with Crippen LogP contribution in [0.2, 0.25) is 5.02 Å². The molecule has 0 unspecified atom stereocenters. The van der Waals surface area contributed by atoms with Gasteiger partial charge < -0.3 is 5.32 Å². The molecule has 1 N–H and O–H groups in total. The molecular formula is C19H20ClNO. The summed E-state index contributed by atoms with van der Waals surface area (Å²) in [5.41, 5.74) is 4.41. The van der Waals surface area contributed by atoms with Crippen LogP contribution in [0.4, 0.5) is 0 Å². The van der Waals surface area contributed by atoms with E-state index in [1.165, 1.54) is 17.2 Å². The molecular weight excluding hydrogens is 294 g/mol. The molecule has 2 rings (SSSR count). The number of hydrogen-bond donors (Lipinski definition) is 1. The Bertz CT molecular complexity index is 706. The number of hydrogen-bond acceptors (Lipinski definition) is 1. The van der Waals surface area contributed by atoms with Gasteiger partial charge in [-0.1, -0.05) is 48.0 Å². The lowest BCUT2D eigenvalue weighted by Gasteiger charge is -2.14. The van der Waals surface area contributed by atoms with E-state index >= 15 is 0 Å². The maximum absolute atomic E-state index is 12.0. The van der Waals surface area contributed by atoms with Gasteiger partial charge >= 0.3 is 0 Å². The monoisotopic (exact) mass is 313 g/mol. The molecule has 1 atom stereocenters. The number of rotatable bonds is 4. The average molecular weight is 314 g/mol. The summed E-state index contributed by atoms with van der Waals surface area (Å²) in [6.45, 7) is 6.13. The van der Waals surface area contributed by atoms with Gasteiger partial charge in [-0.15, -0.1) is 0 Å². The highest BCUT2D eigenvalue weighted by atomic mass is 35.5. The Morgan fingerprint density at radius 3 is 2.55 bits per heavy atom. The van der Waals surface area contributed by atoms with Gasteiger partial charge in [0, 0.05) is 11.1 Å². The summed E-state index contributed by atoms with van der Waals surface area (Å²) in [5, 5.41) is 3.60. The van der Waals surface area contributed by atoms with Crippen molar-refractivity contribution >= 4 is 23.6 Å². The van der Waals surface area contributed by atoms with Gasteiger partial charge in [0.2, 0.25) is 5.91 Å². The van der Waals surface area contributed by atoms with Gasteiger partial charge in [0.05, 0.1) is 6.04 Å². The molecule has 0 radical (unpaired) electrons. The minimum absolute atomic E-state index is 0.0392. The van der Waals surface area contributed by atoms with Crippen LogP contribution in [0, 0.1) is 13.8 Å². The van der Waals surface area contributed by atoms with E-state index in [4.69, 9.17) is 11.6 Å². The zero-order chi connectivity index (χ0) is 16.1. The summed E-state index contributed by atoms with van der Waals surface area (Å²) in [6, 6.07) is 13.6. The van der Waals surface area contributed by atoms with Crippen LogP contribution in [0.3, 0.4) is 0 Å². The van der Waals surface area contributed by atoms with Crippen molar-refractivity contribution in [3.05, 3.63) is 75.8 Å². The third-order valence-corrected chi connectivity index (χ3v) is 4.05. The summed E-state index contributed by atoms with van der Waals surface area (Å²) >= 11 is 6.06. The van der Waals surface area contributed by atoms with Gasteiger partial charge in [0.25, 0.3) is 0 Å². The number of benzene rings is 2. The van der Waals surface area contributed by atoms with Crippen molar-refractivity contribution in [3.63, 3.8) is 0 Å². The average Bonchev–Trinajstić information content (AvgIpc) is 2.49. The maximum Gasteiger partial charge on any atom is 0.244 e. The van der Waals surface area contributed by atoms with Crippen LogP contribution in [0.25, 0.3) is 6.08 Å². The van der Waals surface area contributed by atoms with Gasteiger partial charge in [0.15, 0.2) is 0 Å². The minimum Gasteiger partial charge on any atom is -0.346 e. The predicted molar refractivity (Wildman–Crippen MR) is 93.0 cm³/mol. The summed E-state index contributed by atoms with van der Waals surface area (Å²) < 4.78 is 0. The van der Waals surface area contributed by atoms with Crippen molar-refractivity contribution in [2.75, 3.05) is 0 Å². The Kier molecular flexibility index (Phi) is 5.40. The van der Waals surface area contributed by atoms with Gasteiger partial charge in [-0.2, -0.15) is 0 Å². The van der Waals surface area contributed by atoms with Crippen LogP contribution < -0.4 is 5.32 Å². The van der Waals surface area contributed by atoms with Crippen molar-refractivity contribution in [2.24, 2.45) is 0 Å². The first-order valence-corrected chi connectivity index (χ1v) is 7.65. The van der Waals surface area contributed by atoms with Crippen LogP contribution in [0.1, 0.15) is 35.2 Å². The Balaban J connectivity index is 2.02. The van der Waals surface area contributed by atoms with E-state index in [1.807, 2.05) is 31.2 Å². The summed E-state index contributed by atoms with van der Waals surface area (Å²) in [5.74, 6) is -0.134. The van der Waals surface area contributed by atoms with Crippen molar-refractivity contribution in [3.8, 4) is 0 Å². The molecule has 0 fully saturated rings.